The van der Waals surface area contributed by atoms with E-state index in [1.165, 1.54) is 0 Å². The lowest BCUT2D eigenvalue weighted by Crippen LogP contribution is -2.35. The van der Waals surface area contributed by atoms with Crippen LogP contribution in [0.5, 0.6) is 0 Å². The van der Waals surface area contributed by atoms with Crippen molar-refractivity contribution in [3.63, 3.8) is 0 Å². The molecule has 0 saturated heterocycles. The van der Waals surface area contributed by atoms with Gasteiger partial charge in [-0.05, 0) is 22.3 Å². The molecule has 0 heterocycles. The largest absolute Gasteiger partial charge is 0.481 e. The number of amides is 1. The zero-order valence-corrected chi connectivity index (χ0v) is 13.5. The smallest absolute Gasteiger partial charge is 0.407 e. The summed E-state index contributed by atoms with van der Waals surface area (Å²) >= 11 is 0. The number of benzene rings is 2. The number of aliphatic hydroxyl groups is 1. The Labute approximate surface area is 145 Å². The average Bonchev–Trinajstić information content (AvgIpc) is 2.94. The standard InChI is InChI=1S/C19H19NO5/c21-10-12(18(22)23)9-20-19(24)25-11-17-15-7-3-1-5-13(15)14-6-2-4-8-16(14)17/h1-8,12,17,21H,9-11H2,(H,20,24)(H,22,23)/t12-/m1/s1. The molecule has 6 heteroatoms. The second kappa shape index (κ2) is 7.36. The van der Waals surface area contributed by atoms with Crippen LogP contribution < -0.4 is 5.32 Å². The molecule has 0 aliphatic heterocycles. The first-order chi connectivity index (χ1) is 12.1. The Morgan fingerprint density at radius 1 is 1.04 bits per heavy atom. The van der Waals surface area contributed by atoms with E-state index >= 15 is 0 Å². The van der Waals surface area contributed by atoms with Crippen LogP contribution in [0.25, 0.3) is 11.1 Å². The number of alkyl carbamates (subject to hydrolysis) is 1. The van der Waals surface area contributed by atoms with Crippen molar-refractivity contribution in [3.8, 4) is 11.1 Å². The first kappa shape index (κ1) is 17.0. The molecule has 3 N–H and O–H groups in total. The van der Waals surface area contributed by atoms with Crippen LogP contribution >= 0.6 is 0 Å². The van der Waals surface area contributed by atoms with Crippen molar-refractivity contribution in [1.29, 1.82) is 0 Å². The number of carboxylic acid groups (broad SMARTS) is 1. The van der Waals surface area contributed by atoms with E-state index in [2.05, 4.69) is 5.32 Å². The summed E-state index contributed by atoms with van der Waals surface area (Å²) in [4.78, 5) is 22.7. The predicted octanol–water partition coefficient (Wildman–Crippen LogP) is 2.22. The van der Waals surface area contributed by atoms with E-state index in [9.17, 15) is 9.59 Å². The van der Waals surface area contributed by atoms with Gasteiger partial charge in [0, 0.05) is 12.5 Å². The van der Waals surface area contributed by atoms with Crippen LogP contribution in [0.3, 0.4) is 0 Å². The second-order valence-electron chi connectivity index (χ2n) is 5.92. The van der Waals surface area contributed by atoms with Crippen molar-refractivity contribution >= 4 is 12.1 Å². The van der Waals surface area contributed by atoms with Crippen molar-refractivity contribution < 1.29 is 24.5 Å². The summed E-state index contributed by atoms with van der Waals surface area (Å²) in [5.74, 6) is -2.26. The predicted molar refractivity (Wildman–Crippen MR) is 91.3 cm³/mol. The molecular formula is C19H19NO5. The van der Waals surface area contributed by atoms with Gasteiger partial charge in [0.1, 0.15) is 6.61 Å². The quantitative estimate of drug-likeness (QED) is 0.749. The minimum Gasteiger partial charge on any atom is -0.481 e. The molecule has 0 bridgehead atoms. The van der Waals surface area contributed by atoms with Crippen molar-refractivity contribution in [2.45, 2.75) is 5.92 Å². The van der Waals surface area contributed by atoms with Gasteiger partial charge in [0.05, 0.1) is 12.5 Å². The molecule has 0 radical (unpaired) electrons. The number of aliphatic carboxylic acids is 1. The van der Waals surface area contributed by atoms with E-state index < -0.39 is 24.6 Å². The molecule has 130 valence electrons. The third kappa shape index (κ3) is 3.49. The third-order valence-electron chi connectivity index (χ3n) is 4.41. The maximum absolute atomic E-state index is 11.9. The molecule has 1 atom stereocenters. The Morgan fingerprint density at radius 2 is 1.60 bits per heavy atom. The van der Waals surface area contributed by atoms with Gasteiger partial charge in [-0.3, -0.25) is 4.79 Å². The number of hydrogen-bond acceptors (Lipinski definition) is 4. The summed E-state index contributed by atoms with van der Waals surface area (Å²) in [6.07, 6.45) is -0.693. The normalized spacial score (nSPS) is 13.6. The minimum atomic E-state index is -1.17. The molecule has 1 aliphatic rings. The Morgan fingerprint density at radius 3 is 2.12 bits per heavy atom. The van der Waals surface area contributed by atoms with E-state index in [4.69, 9.17) is 14.9 Å². The molecule has 0 fully saturated rings. The molecule has 0 aromatic heterocycles. The van der Waals surface area contributed by atoms with Crippen molar-refractivity contribution in [2.24, 2.45) is 5.92 Å². The van der Waals surface area contributed by atoms with Gasteiger partial charge in [0.25, 0.3) is 0 Å². The molecule has 1 aliphatic carbocycles. The van der Waals surface area contributed by atoms with Gasteiger partial charge < -0.3 is 20.3 Å². The summed E-state index contributed by atoms with van der Waals surface area (Å²) in [5, 5.41) is 20.2. The van der Waals surface area contributed by atoms with E-state index in [0.29, 0.717) is 0 Å². The lowest BCUT2D eigenvalue weighted by molar-refractivity contribution is -0.142. The first-order valence-electron chi connectivity index (χ1n) is 8.04. The summed E-state index contributed by atoms with van der Waals surface area (Å²) in [5.41, 5.74) is 4.49. The Hall–Kier alpha value is -2.86. The molecule has 1 amide bonds. The lowest BCUT2D eigenvalue weighted by Gasteiger charge is -2.15. The number of aliphatic hydroxyl groups excluding tert-OH is 1. The number of hydrogen-bond donors (Lipinski definition) is 3. The Kier molecular flexibility index (Phi) is 5.00. The zero-order valence-electron chi connectivity index (χ0n) is 13.5. The van der Waals surface area contributed by atoms with Crippen LogP contribution in [0.2, 0.25) is 0 Å². The lowest BCUT2D eigenvalue weighted by atomic mass is 9.98. The molecular weight excluding hydrogens is 322 g/mol. The molecule has 25 heavy (non-hydrogen) atoms. The van der Waals surface area contributed by atoms with Crippen LogP contribution in [-0.4, -0.2) is 42.0 Å². The third-order valence-corrected chi connectivity index (χ3v) is 4.41. The van der Waals surface area contributed by atoms with Crippen LogP contribution in [0.4, 0.5) is 4.79 Å². The van der Waals surface area contributed by atoms with Crippen molar-refractivity contribution in [1.82, 2.24) is 5.32 Å². The highest BCUT2D eigenvalue weighted by atomic mass is 16.5. The summed E-state index contributed by atoms with van der Waals surface area (Å²) < 4.78 is 5.29. The first-order valence-corrected chi connectivity index (χ1v) is 8.04. The van der Waals surface area contributed by atoms with E-state index in [-0.39, 0.29) is 19.1 Å². The van der Waals surface area contributed by atoms with Crippen LogP contribution in [0, 0.1) is 5.92 Å². The second-order valence-corrected chi connectivity index (χ2v) is 5.92. The highest BCUT2D eigenvalue weighted by Crippen LogP contribution is 2.44. The van der Waals surface area contributed by atoms with Gasteiger partial charge in [-0.15, -0.1) is 0 Å². The fourth-order valence-corrected chi connectivity index (χ4v) is 3.09. The zero-order chi connectivity index (χ0) is 17.8. The van der Waals surface area contributed by atoms with Crippen LogP contribution in [0.1, 0.15) is 17.0 Å². The van der Waals surface area contributed by atoms with Gasteiger partial charge in [-0.2, -0.15) is 0 Å². The molecule has 6 nitrogen and oxygen atoms in total. The fourth-order valence-electron chi connectivity index (χ4n) is 3.09. The summed E-state index contributed by atoms with van der Waals surface area (Å²) in [6, 6.07) is 16.0. The minimum absolute atomic E-state index is 0.0498. The number of nitrogens with one attached hydrogen (secondary N) is 1. The Balaban J connectivity index is 1.65. The molecule has 0 unspecified atom stereocenters. The molecule has 0 saturated carbocycles. The topological polar surface area (TPSA) is 95.9 Å². The number of carbonyl (C=O) groups excluding carboxylic acids is 1. The van der Waals surface area contributed by atoms with E-state index in [1.54, 1.807) is 0 Å². The number of fused-ring (bicyclic) bond motifs is 3. The van der Waals surface area contributed by atoms with Gasteiger partial charge in [-0.25, -0.2) is 4.79 Å². The van der Waals surface area contributed by atoms with Gasteiger partial charge in [0.15, 0.2) is 0 Å². The SMILES string of the molecule is O=C(NC[C@H](CO)C(=O)O)OCC1c2ccccc2-c2ccccc21. The number of carbonyl (C=O) groups is 2. The maximum Gasteiger partial charge on any atom is 0.407 e. The highest BCUT2D eigenvalue weighted by Gasteiger charge is 2.29. The van der Waals surface area contributed by atoms with Crippen LogP contribution in [0.15, 0.2) is 48.5 Å². The number of ether oxygens (including phenoxy) is 1. The summed E-state index contributed by atoms with van der Waals surface area (Å²) in [7, 11) is 0. The van der Waals surface area contributed by atoms with E-state index in [0.717, 1.165) is 22.3 Å². The monoisotopic (exact) mass is 341 g/mol. The van der Waals surface area contributed by atoms with Gasteiger partial charge in [-0.1, -0.05) is 48.5 Å². The molecule has 0 spiro atoms. The highest BCUT2D eigenvalue weighted by molar-refractivity contribution is 5.79. The fraction of sp³-hybridized carbons (Fsp3) is 0.263. The molecule has 3 rings (SSSR count). The van der Waals surface area contributed by atoms with Crippen LogP contribution in [-0.2, 0) is 9.53 Å². The number of carboxylic acids is 1. The van der Waals surface area contributed by atoms with Gasteiger partial charge >= 0.3 is 12.1 Å². The number of rotatable bonds is 6. The molecule has 2 aromatic rings. The summed E-state index contributed by atoms with van der Waals surface area (Å²) in [6.45, 7) is -0.557. The average molecular weight is 341 g/mol. The molecule has 2 aromatic carbocycles. The van der Waals surface area contributed by atoms with E-state index in [1.807, 2.05) is 48.5 Å². The van der Waals surface area contributed by atoms with Gasteiger partial charge in [0.2, 0.25) is 0 Å². The van der Waals surface area contributed by atoms with Crippen molar-refractivity contribution in [3.05, 3.63) is 59.7 Å². The maximum atomic E-state index is 11.9. The Bertz CT molecular complexity index is 743. The van der Waals surface area contributed by atoms with Crippen molar-refractivity contribution in [2.75, 3.05) is 19.8 Å².